The fourth-order valence-corrected chi connectivity index (χ4v) is 3.91. The van der Waals surface area contributed by atoms with Crippen molar-refractivity contribution in [2.24, 2.45) is 10.9 Å². The molecule has 1 heterocycles. The fourth-order valence-electron chi connectivity index (χ4n) is 3.91. The SMILES string of the molecule is CCCC1CCC(NC(=NCC2(OC)CCOCC2)NCC)CC1.I. The normalized spacial score (nSPS) is 26.6. The molecule has 0 amide bonds. The van der Waals surface area contributed by atoms with E-state index in [1.807, 2.05) is 0 Å². The maximum absolute atomic E-state index is 5.80. The van der Waals surface area contributed by atoms with Gasteiger partial charge in [0.25, 0.3) is 0 Å². The zero-order valence-corrected chi connectivity index (χ0v) is 18.6. The van der Waals surface area contributed by atoms with Crippen LogP contribution in [0.15, 0.2) is 4.99 Å². The molecule has 5 nitrogen and oxygen atoms in total. The second kappa shape index (κ2) is 12.3. The highest BCUT2D eigenvalue weighted by Gasteiger charge is 2.32. The Labute approximate surface area is 171 Å². The van der Waals surface area contributed by atoms with Crippen LogP contribution in [0, 0.1) is 5.92 Å². The smallest absolute Gasteiger partial charge is 0.191 e. The molecule has 1 saturated heterocycles. The Bertz CT molecular complexity index is 379. The number of hydrogen-bond donors (Lipinski definition) is 2. The van der Waals surface area contributed by atoms with Crippen LogP contribution in [0.2, 0.25) is 0 Å². The Morgan fingerprint density at radius 3 is 2.40 bits per heavy atom. The van der Waals surface area contributed by atoms with Crippen LogP contribution in [-0.4, -0.2) is 51.0 Å². The molecule has 0 aromatic rings. The zero-order valence-electron chi connectivity index (χ0n) is 16.3. The summed E-state index contributed by atoms with van der Waals surface area (Å²) in [5, 5.41) is 7.05. The first kappa shape index (κ1) is 23.0. The monoisotopic (exact) mass is 467 g/mol. The summed E-state index contributed by atoms with van der Waals surface area (Å²) in [7, 11) is 1.80. The lowest BCUT2D eigenvalue weighted by molar-refractivity contribution is -0.0828. The topological polar surface area (TPSA) is 54.9 Å². The maximum Gasteiger partial charge on any atom is 0.191 e. The molecule has 2 N–H and O–H groups in total. The first-order chi connectivity index (χ1) is 11.7. The Morgan fingerprint density at radius 1 is 1.16 bits per heavy atom. The lowest BCUT2D eigenvalue weighted by Crippen LogP contribution is -2.47. The predicted octanol–water partition coefficient (Wildman–Crippen LogP) is 3.71. The van der Waals surface area contributed by atoms with E-state index in [1.54, 1.807) is 7.11 Å². The number of nitrogens with zero attached hydrogens (tertiary/aromatic N) is 1. The number of ether oxygens (including phenoxy) is 2. The molecule has 148 valence electrons. The van der Waals surface area contributed by atoms with Crippen molar-refractivity contribution in [1.82, 2.24) is 10.6 Å². The molecule has 0 unspecified atom stereocenters. The van der Waals surface area contributed by atoms with Gasteiger partial charge in [0.2, 0.25) is 0 Å². The predicted molar refractivity (Wildman–Crippen MR) is 115 cm³/mol. The summed E-state index contributed by atoms with van der Waals surface area (Å²) < 4.78 is 11.3. The van der Waals surface area contributed by atoms with Crippen LogP contribution < -0.4 is 10.6 Å². The van der Waals surface area contributed by atoms with Crippen LogP contribution >= 0.6 is 24.0 Å². The fraction of sp³-hybridized carbons (Fsp3) is 0.947. The number of halogens is 1. The van der Waals surface area contributed by atoms with Crippen molar-refractivity contribution >= 4 is 29.9 Å². The summed E-state index contributed by atoms with van der Waals surface area (Å²) in [5.41, 5.74) is -0.153. The van der Waals surface area contributed by atoms with Gasteiger partial charge in [-0.3, -0.25) is 4.99 Å². The maximum atomic E-state index is 5.80. The highest BCUT2D eigenvalue weighted by molar-refractivity contribution is 14.0. The van der Waals surface area contributed by atoms with Gasteiger partial charge in [-0.05, 0) is 38.5 Å². The number of rotatable bonds is 7. The average molecular weight is 467 g/mol. The average Bonchev–Trinajstić information content (AvgIpc) is 2.62. The number of aliphatic imine (C=N–C) groups is 1. The molecular weight excluding hydrogens is 429 g/mol. The first-order valence-electron chi connectivity index (χ1n) is 9.89. The molecule has 2 aliphatic rings. The van der Waals surface area contributed by atoms with Crippen molar-refractivity contribution in [3.8, 4) is 0 Å². The number of nitrogens with one attached hydrogen (secondary N) is 2. The molecule has 1 saturated carbocycles. The van der Waals surface area contributed by atoms with Crippen molar-refractivity contribution in [1.29, 1.82) is 0 Å². The molecule has 0 aromatic heterocycles. The Balaban J connectivity index is 0.00000312. The van der Waals surface area contributed by atoms with E-state index in [9.17, 15) is 0 Å². The lowest BCUT2D eigenvalue weighted by Gasteiger charge is -2.35. The summed E-state index contributed by atoms with van der Waals surface area (Å²) in [6.07, 6.45) is 9.78. The molecule has 1 aliphatic heterocycles. The van der Waals surface area contributed by atoms with Crippen LogP contribution in [0.5, 0.6) is 0 Å². The summed E-state index contributed by atoms with van der Waals surface area (Å²) in [4.78, 5) is 4.84. The summed E-state index contributed by atoms with van der Waals surface area (Å²) in [6.45, 7) is 7.55. The minimum atomic E-state index is -0.153. The second-order valence-corrected chi connectivity index (χ2v) is 7.35. The quantitative estimate of drug-likeness (QED) is 0.341. The van der Waals surface area contributed by atoms with E-state index in [4.69, 9.17) is 14.5 Å². The van der Waals surface area contributed by atoms with Gasteiger partial charge in [-0.1, -0.05) is 19.8 Å². The van der Waals surface area contributed by atoms with Crippen LogP contribution in [0.3, 0.4) is 0 Å². The van der Waals surface area contributed by atoms with Gasteiger partial charge < -0.3 is 20.1 Å². The third-order valence-corrected chi connectivity index (χ3v) is 5.59. The van der Waals surface area contributed by atoms with Gasteiger partial charge >= 0.3 is 0 Å². The summed E-state index contributed by atoms with van der Waals surface area (Å²) in [5.74, 6) is 1.88. The lowest BCUT2D eigenvalue weighted by atomic mass is 9.83. The molecule has 2 rings (SSSR count). The Hall–Kier alpha value is -0.0800. The van der Waals surface area contributed by atoms with Crippen molar-refractivity contribution in [2.45, 2.75) is 76.9 Å². The van der Waals surface area contributed by atoms with E-state index in [-0.39, 0.29) is 29.6 Å². The molecule has 1 aliphatic carbocycles. The molecule has 0 spiro atoms. The highest BCUT2D eigenvalue weighted by atomic mass is 127. The van der Waals surface area contributed by atoms with Gasteiger partial charge in [0, 0.05) is 45.8 Å². The molecular formula is C19H38IN3O2. The van der Waals surface area contributed by atoms with E-state index in [1.165, 1.54) is 38.5 Å². The van der Waals surface area contributed by atoms with E-state index < -0.39 is 0 Å². The third-order valence-electron chi connectivity index (χ3n) is 5.59. The van der Waals surface area contributed by atoms with Gasteiger partial charge in [0.05, 0.1) is 12.1 Å². The van der Waals surface area contributed by atoms with Crippen molar-refractivity contribution < 1.29 is 9.47 Å². The standard InChI is InChI=1S/C19H37N3O2.HI/c1-4-6-16-7-9-17(10-8-16)22-18(20-5-2)21-15-19(23-3)11-13-24-14-12-19;/h16-17H,4-15H2,1-3H3,(H2,20,21,22);1H. The number of guanidine groups is 1. The molecule has 6 heteroatoms. The number of methoxy groups -OCH3 is 1. The van der Waals surface area contributed by atoms with Crippen LogP contribution in [0.25, 0.3) is 0 Å². The number of hydrogen-bond acceptors (Lipinski definition) is 3. The summed E-state index contributed by atoms with van der Waals surface area (Å²) in [6, 6.07) is 0.559. The molecule has 2 fully saturated rings. The van der Waals surface area contributed by atoms with Gasteiger partial charge in [-0.15, -0.1) is 24.0 Å². The van der Waals surface area contributed by atoms with Crippen LogP contribution in [-0.2, 0) is 9.47 Å². The third kappa shape index (κ3) is 7.59. The first-order valence-corrected chi connectivity index (χ1v) is 9.89. The molecule has 0 radical (unpaired) electrons. The minimum Gasteiger partial charge on any atom is -0.381 e. The van der Waals surface area contributed by atoms with Crippen molar-refractivity contribution in [2.75, 3.05) is 33.4 Å². The highest BCUT2D eigenvalue weighted by Crippen LogP contribution is 2.28. The van der Waals surface area contributed by atoms with E-state index in [0.717, 1.165) is 44.5 Å². The molecule has 25 heavy (non-hydrogen) atoms. The molecule has 0 aromatic carbocycles. The van der Waals surface area contributed by atoms with Crippen LogP contribution in [0.1, 0.15) is 65.2 Å². The minimum absolute atomic E-state index is 0. The zero-order chi connectivity index (χ0) is 17.3. The molecule has 0 atom stereocenters. The second-order valence-electron chi connectivity index (χ2n) is 7.35. The van der Waals surface area contributed by atoms with Gasteiger partial charge in [-0.2, -0.15) is 0 Å². The Kier molecular flexibility index (Phi) is 11.3. The van der Waals surface area contributed by atoms with Crippen molar-refractivity contribution in [3.63, 3.8) is 0 Å². The van der Waals surface area contributed by atoms with Crippen molar-refractivity contribution in [3.05, 3.63) is 0 Å². The molecule has 0 bridgehead atoms. The van der Waals surface area contributed by atoms with Crippen LogP contribution in [0.4, 0.5) is 0 Å². The van der Waals surface area contributed by atoms with E-state index >= 15 is 0 Å². The van der Waals surface area contributed by atoms with Gasteiger partial charge in [0.1, 0.15) is 0 Å². The summed E-state index contributed by atoms with van der Waals surface area (Å²) >= 11 is 0. The Morgan fingerprint density at radius 2 is 1.84 bits per heavy atom. The van der Waals surface area contributed by atoms with E-state index in [2.05, 4.69) is 24.5 Å². The van der Waals surface area contributed by atoms with E-state index in [0.29, 0.717) is 12.6 Å². The van der Waals surface area contributed by atoms with Gasteiger partial charge in [0.15, 0.2) is 5.96 Å². The largest absolute Gasteiger partial charge is 0.381 e. The van der Waals surface area contributed by atoms with Gasteiger partial charge in [-0.25, -0.2) is 0 Å².